The Balaban J connectivity index is 3.01. The highest BCUT2D eigenvalue weighted by Gasteiger charge is 2.07. The van der Waals surface area contributed by atoms with Gasteiger partial charge in [-0.05, 0) is 35.4 Å². The largest absolute Gasteiger partial charge is 0.496 e. The molecule has 0 aliphatic rings. The molecule has 14 heavy (non-hydrogen) atoms. The zero-order chi connectivity index (χ0) is 10.6. The number of hydrogen-bond acceptors (Lipinski definition) is 2. The van der Waals surface area contributed by atoms with Crippen molar-refractivity contribution in [2.24, 2.45) is 0 Å². The Kier molecular flexibility index (Phi) is 4.33. The van der Waals surface area contributed by atoms with Gasteiger partial charge >= 0.3 is 0 Å². The smallest absolute Gasteiger partial charge is 0.122 e. The van der Waals surface area contributed by atoms with Gasteiger partial charge < -0.3 is 4.74 Å². The number of rotatable bonds is 4. The first kappa shape index (κ1) is 11.4. The van der Waals surface area contributed by atoms with Crippen molar-refractivity contribution in [1.29, 1.82) is 0 Å². The zero-order valence-corrected chi connectivity index (χ0v) is 10.1. The summed E-state index contributed by atoms with van der Waals surface area (Å²) < 4.78 is 5.33. The van der Waals surface area contributed by atoms with Crippen molar-refractivity contribution < 1.29 is 4.74 Å². The lowest BCUT2D eigenvalue weighted by Crippen LogP contribution is -1.94. The molecular weight excluding hydrogens is 192 g/mol. The molecule has 1 aromatic carbocycles. The molecule has 0 aliphatic heterocycles. The molecule has 0 aromatic heterocycles. The van der Waals surface area contributed by atoms with Crippen molar-refractivity contribution >= 4 is 11.8 Å². The van der Waals surface area contributed by atoms with E-state index in [1.54, 1.807) is 7.11 Å². The maximum absolute atomic E-state index is 5.33. The molecule has 0 N–H and O–H groups in total. The quantitative estimate of drug-likeness (QED) is 0.696. The summed E-state index contributed by atoms with van der Waals surface area (Å²) in [4.78, 5) is 1.33. The number of methoxy groups -OCH3 is 1. The molecule has 0 radical (unpaired) electrons. The van der Waals surface area contributed by atoms with Gasteiger partial charge in [0.1, 0.15) is 5.75 Å². The van der Waals surface area contributed by atoms with Crippen LogP contribution in [0.5, 0.6) is 5.75 Å². The fourth-order valence-electron chi connectivity index (χ4n) is 1.42. The van der Waals surface area contributed by atoms with Gasteiger partial charge in [0, 0.05) is 4.90 Å². The molecule has 78 valence electrons. The highest BCUT2D eigenvalue weighted by Crippen LogP contribution is 2.30. The van der Waals surface area contributed by atoms with E-state index in [0.717, 1.165) is 11.5 Å². The van der Waals surface area contributed by atoms with Crippen LogP contribution in [0.3, 0.4) is 0 Å². The van der Waals surface area contributed by atoms with Crippen LogP contribution in [0.25, 0.3) is 0 Å². The lowest BCUT2D eigenvalue weighted by atomic mass is 10.0. The standard InChI is InChI=1S/C12H18OS/c1-5-14-10-6-7-12(13-4)11(8-10)9(2)3/h6-9H,5H2,1-4H3. The third-order valence-electron chi connectivity index (χ3n) is 2.13. The van der Waals surface area contributed by atoms with E-state index >= 15 is 0 Å². The minimum Gasteiger partial charge on any atom is -0.496 e. The van der Waals surface area contributed by atoms with E-state index in [4.69, 9.17) is 4.74 Å². The summed E-state index contributed by atoms with van der Waals surface area (Å²) in [5, 5.41) is 0. The molecule has 0 saturated carbocycles. The zero-order valence-electron chi connectivity index (χ0n) is 9.33. The van der Waals surface area contributed by atoms with Gasteiger partial charge in [0.05, 0.1) is 7.11 Å². The molecule has 0 saturated heterocycles. The van der Waals surface area contributed by atoms with Gasteiger partial charge in [0.25, 0.3) is 0 Å². The monoisotopic (exact) mass is 210 g/mol. The van der Waals surface area contributed by atoms with Crippen LogP contribution in [-0.2, 0) is 0 Å². The minimum absolute atomic E-state index is 0.516. The minimum atomic E-state index is 0.516. The second-order valence-corrected chi connectivity index (χ2v) is 4.83. The Hall–Kier alpha value is -0.630. The van der Waals surface area contributed by atoms with Crippen LogP contribution in [0.4, 0.5) is 0 Å². The first-order chi connectivity index (χ1) is 6.69. The highest BCUT2D eigenvalue weighted by atomic mass is 32.2. The van der Waals surface area contributed by atoms with Crippen LogP contribution < -0.4 is 4.74 Å². The summed E-state index contributed by atoms with van der Waals surface area (Å²) in [5.41, 5.74) is 1.30. The predicted octanol–water partition coefficient (Wildman–Crippen LogP) is 3.93. The topological polar surface area (TPSA) is 9.23 Å². The van der Waals surface area contributed by atoms with Gasteiger partial charge in [-0.1, -0.05) is 20.8 Å². The Morgan fingerprint density at radius 1 is 1.36 bits per heavy atom. The van der Waals surface area contributed by atoms with Gasteiger partial charge in [-0.25, -0.2) is 0 Å². The van der Waals surface area contributed by atoms with E-state index in [0.29, 0.717) is 5.92 Å². The molecular formula is C12H18OS. The molecule has 0 fully saturated rings. The Morgan fingerprint density at radius 2 is 2.07 bits per heavy atom. The van der Waals surface area contributed by atoms with Crippen LogP contribution in [0.1, 0.15) is 32.3 Å². The summed E-state index contributed by atoms with van der Waals surface area (Å²) in [6.45, 7) is 6.56. The number of benzene rings is 1. The van der Waals surface area contributed by atoms with Crippen LogP contribution in [0.2, 0.25) is 0 Å². The Morgan fingerprint density at radius 3 is 2.57 bits per heavy atom. The van der Waals surface area contributed by atoms with Crippen LogP contribution in [0, 0.1) is 0 Å². The van der Waals surface area contributed by atoms with Crippen LogP contribution >= 0.6 is 11.8 Å². The van der Waals surface area contributed by atoms with Gasteiger partial charge in [-0.15, -0.1) is 11.8 Å². The molecule has 0 bridgehead atoms. The predicted molar refractivity (Wildman–Crippen MR) is 63.5 cm³/mol. The molecule has 0 aliphatic carbocycles. The average molecular weight is 210 g/mol. The van der Waals surface area contributed by atoms with E-state index in [2.05, 4.69) is 39.0 Å². The van der Waals surface area contributed by atoms with Gasteiger partial charge in [-0.2, -0.15) is 0 Å². The fourth-order valence-corrected chi connectivity index (χ4v) is 2.13. The highest BCUT2D eigenvalue weighted by molar-refractivity contribution is 7.99. The summed E-state index contributed by atoms with van der Waals surface area (Å²) in [7, 11) is 1.73. The molecule has 1 rings (SSSR count). The lowest BCUT2D eigenvalue weighted by molar-refractivity contribution is 0.407. The molecule has 1 aromatic rings. The van der Waals surface area contributed by atoms with Gasteiger partial charge in [0.15, 0.2) is 0 Å². The molecule has 0 unspecified atom stereocenters. The summed E-state index contributed by atoms with van der Waals surface area (Å²) in [6.07, 6.45) is 0. The number of thioether (sulfide) groups is 1. The summed E-state index contributed by atoms with van der Waals surface area (Å²) >= 11 is 1.87. The third-order valence-corrected chi connectivity index (χ3v) is 3.01. The van der Waals surface area contributed by atoms with E-state index in [1.807, 2.05) is 11.8 Å². The molecule has 0 atom stereocenters. The molecule has 0 spiro atoms. The number of hydrogen-bond donors (Lipinski definition) is 0. The van der Waals surface area contributed by atoms with Crippen LogP contribution in [0.15, 0.2) is 23.1 Å². The van der Waals surface area contributed by atoms with E-state index in [1.165, 1.54) is 10.5 Å². The number of ether oxygens (including phenoxy) is 1. The third kappa shape index (κ3) is 2.68. The van der Waals surface area contributed by atoms with Gasteiger partial charge in [0.2, 0.25) is 0 Å². The van der Waals surface area contributed by atoms with Crippen molar-refractivity contribution in [3.63, 3.8) is 0 Å². The fraction of sp³-hybridized carbons (Fsp3) is 0.500. The lowest BCUT2D eigenvalue weighted by Gasteiger charge is -2.12. The van der Waals surface area contributed by atoms with Gasteiger partial charge in [-0.3, -0.25) is 0 Å². The Bertz CT molecular complexity index is 294. The second-order valence-electron chi connectivity index (χ2n) is 3.49. The maximum atomic E-state index is 5.33. The van der Waals surface area contributed by atoms with Crippen LogP contribution in [-0.4, -0.2) is 12.9 Å². The molecule has 1 nitrogen and oxygen atoms in total. The average Bonchev–Trinajstić information content (AvgIpc) is 2.18. The van der Waals surface area contributed by atoms with Crippen molar-refractivity contribution in [2.75, 3.05) is 12.9 Å². The first-order valence-corrected chi connectivity index (χ1v) is 5.98. The van der Waals surface area contributed by atoms with Crippen molar-refractivity contribution in [2.45, 2.75) is 31.6 Å². The summed E-state index contributed by atoms with van der Waals surface area (Å²) in [6, 6.07) is 6.42. The first-order valence-electron chi connectivity index (χ1n) is 4.99. The normalized spacial score (nSPS) is 10.6. The van der Waals surface area contributed by atoms with E-state index in [9.17, 15) is 0 Å². The maximum Gasteiger partial charge on any atom is 0.122 e. The summed E-state index contributed by atoms with van der Waals surface area (Å²) in [5.74, 6) is 2.63. The van der Waals surface area contributed by atoms with Crippen molar-refractivity contribution in [1.82, 2.24) is 0 Å². The SMILES string of the molecule is CCSc1ccc(OC)c(C(C)C)c1. The molecule has 0 amide bonds. The van der Waals surface area contributed by atoms with Crippen molar-refractivity contribution in [3.05, 3.63) is 23.8 Å². The second kappa shape index (κ2) is 5.30. The molecule has 2 heteroatoms. The van der Waals surface area contributed by atoms with Crippen molar-refractivity contribution in [3.8, 4) is 5.75 Å². The molecule has 0 heterocycles. The van der Waals surface area contributed by atoms with E-state index in [-0.39, 0.29) is 0 Å². The Labute approximate surface area is 90.9 Å². The van der Waals surface area contributed by atoms with E-state index < -0.39 is 0 Å².